The average Bonchev–Trinajstić information content (AvgIpc) is 2.95. The summed E-state index contributed by atoms with van der Waals surface area (Å²) in [7, 11) is -2.55. The Hall–Kier alpha value is -4.51. The largest absolute Gasteiger partial charge is 0.493 e. The summed E-state index contributed by atoms with van der Waals surface area (Å²) in [6, 6.07) is 16.5. The number of para-hydroxylation sites is 2. The number of hydrogen-bond donors (Lipinski definition) is 1. The molecule has 0 fully saturated rings. The topological polar surface area (TPSA) is 125 Å². The van der Waals surface area contributed by atoms with Crippen molar-refractivity contribution < 1.29 is 22.6 Å². The van der Waals surface area contributed by atoms with Crippen LogP contribution < -0.4 is 18.9 Å². The van der Waals surface area contributed by atoms with E-state index in [0.717, 1.165) is 6.42 Å². The van der Waals surface area contributed by atoms with Crippen LogP contribution in [0.3, 0.4) is 0 Å². The minimum Gasteiger partial charge on any atom is -0.493 e. The van der Waals surface area contributed by atoms with E-state index in [2.05, 4.69) is 24.7 Å². The van der Waals surface area contributed by atoms with Gasteiger partial charge in [0.15, 0.2) is 23.1 Å². The highest BCUT2D eigenvalue weighted by Crippen LogP contribution is 2.41. The van der Waals surface area contributed by atoms with Gasteiger partial charge in [-0.2, -0.15) is 4.98 Å². The number of hydrogen-bond acceptors (Lipinski definition) is 9. The summed E-state index contributed by atoms with van der Waals surface area (Å²) in [6.45, 7) is 2.30. The van der Waals surface area contributed by atoms with E-state index < -0.39 is 10.0 Å². The van der Waals surface area contributed by atoms with Crippen molar-refractivity contribution in [2.45, 2.75) is 24.7 Å². The fourth-order valence-electron chi connectivity index (χ4n) is 3.31. The molecule has 4 rings (SSSR count). The van der Waals surface area contributed by atoms with Crippen molar-refractivity contribution in [2.24, 2.45) is 0 Å². The van der Waals surface area contributed by atoms with E-state index in [9.17, 15) is 8.42 Å². The second-order valence-electron chi connectivity index (χ2n) is 7.79. The molecule has 4 aromatic rings. The Morgan fingerprint density at radius 1 is 0.868 bits per heavy atom. The number of sulfonamides is 1. The summed E-state index contributed by atoms with van der Waals surface area (Å²) >= 11 is 0. The first-order valence-corrected chi connectivity index (χ1v) is 13.4. The molecule has 38 heavy (non-hydrogen) atoms. The number of allylic oxidation sites excluding steroid dienone is 1. The average molecular weight is 534 g/mol. The van der Waals surface area contributed by atoms with Gasteiger partial charge in [-0.25, -0.2) is 23.4 Å². The van der Waals surface area contributed by atoms with E-state index in [1.54, 1.807) is 48.5 Å². The molecule has 0 radical (unpaired) electrons. The molecule has 0 aliphatic carbocycles. The highest BCUT2D eigenvalue weighted by molar-refractivity contribution is 7.92. The molecule has 0 unspecified atom stereocenters. The molecule has 0 atom stereocenters. The Morgan fingerprint density at radius 2 is 1.58 bits per heavy atom. The van der Waals surface area contributed by atoms with Gasteiger partial charge < -0.3 is 14.2 Å². The second-order valence-corrected chi connectivity index (χ2v) is 9.47. The van der Waals surface area contributed by atoms with E-state index in [1.807, 2.05) is 19.1 Å². The lowest BCUT2D eigenvalue weighted by Crippen LogP contribution is -2.16. The van der Waals surface area contributed by atoms with Gasteiger partial charge in [0.25, 0.3) is 15.9 Å². The molecule has 0 saturated heterocycles. The van der Waals surface area contributed by atoms with E-state index in [-0.39, 0.29) is 40.6 Å². The summed E-state index contributed by atoms with van der Waals surface area (Å²) < 4.78 is 46.7. The van der Waals surface area contributed by atoms with Crippen LogP contribution in [-0.2, 0) is 10.0 Å². The maximum Gasteiger partial charge on any atom is 0.263 e. The van der Waals surface area contributed by atoms with Crippen molar-refractivity contribution in [3.63, 3.8) is 0 Å². The molecular formula is C27H27N5O5S. The molecular weight excluding hydrogens is 506 g/mol. The number of methoxy groups -OCH3 is 1. The zero-order chi connectivity index (χ0) is 26.8. The number of aromatic nitrogens is 4. The third kappa shape index (κ3) is 6.62. The minimum atomic E-state index is -4.05. The van der Waals surface area contributed by atoms with Gasteiger partial charge in [-0.1, -0.05) is 49.4 Å². The SMILES string of the molecule is CC/C=C/CCOc1nc(-c2ncccn2)nc(NS(=O)(=O)c2ccccc2)c1Oc1ccccc1OC. The lowest BCUT2D eigenvalue weighted by Gasteiger charge is -2.18. The summed E-state index contributed by atoms with van der Waals surface area (Å²) in [5.74, 6) is 0.832. The Labute approximate surface area is 221 Å². The van der Waals surface area contributed by atoms with Crippen molar-refractivity contribution in [1.29, 1.82) is 0 Å². The molecule has 196 valence electrons. The van der Waals surface area contributed by atoms with E-state index >= 15 is 0 Å². The molecule has 2 aromatic heterocycles. The lowest BCUT2D eigenvalue weighted by atomic mass is 10.3. The zero-order valence-corrected chi connectivity index (χ0v) is 21.8. The van der Waals surface area contributed by atoms with Crippen LogP contribution in [0, 0.1) is 0 Å². The second kappa shape index (κ2) is 12.6. The smallest absolute Gasteiger partial charge is 0.263 e. The van der Waals surface area contributed by atoms with Crippen molar-refractivity contribution in [1.82, 2.24) is 19.9 Å². The Morgan fingerprint density at radius 3 is 2.29 bits per heavy atom. The molecule has 10 nitrogen and oxygen atoms in total. The van der Waals surface area contributed by atoms with Crippen molar-refractivity contribution in [2.75, 3.05) is 18.4 Å². The maximum absolute atomic E-state index is 13.3. The predicted octanol–water partition coefficient (Wildman–Crippen LogP) is 5.27. The van der Waals surface area contributed by atoms with Crippen LogP contribution in [0.5, 0.6) is 23.1 Å². The van der Waals surface area contributed by atoms with Gasteiger partial charge >= 0.3 is 0 Å². The lowest BCUT2D eigenvalue weighted by molar-refractivity contribution is 0.293. The van der Waals surface area contributed by atoms with Crippen molar-refractivity contribution in [3.8, 4) is 34.8 Å². The number of nitrogens with zero attached hydrogens (tertiary/aromatic N) is 4. The first-order chi connectivity index (χ1) is 18.5. The normalized spacial score (nSPS) is 11.3. The fourth-order valence-corrected chi connectivity index (χ4v) is 4.34. The standard InChI is InChI=1S/C27H27N5O5S/c1-3-4-5-11-19-36-27-23(37-22-16-10-9-15-21(22)35-2)24(30-26(31-27)25-28-17-12-18-29-25)32-38(33,34)20-13-7-6-8-14-20/h4-10,12-18H,3,11,19H2,1-2H3,(H,30,31,32)/b5-4+. The third-order valence-corrected chi connectivity index (χ3v) is 6.45. The van der Waals surface area contributed by atoms with Crippen molar-refractivity contribution >= 4 is 15.8 Å². The minimum absolute atomic E-state index is 0.0176. The Kier molecular flexibility index (Phi) is 8.83. The predicted molar refractivity (Wildman–Crippen MR) is 143 cm³/mol. The van der Waals surface area contributed by atoms with Crippen LogP contribution in [0.25, 0.3) is 11.6 Å². The van der Waals surface area contributed by atoms with Gasteiger partial charge in [0, 0.05) is 12.4 Å². The van der Waals surface area contributed by atoms with Crippen LogP contribution in [-0.4, -0.2) is 42.1 Å². The maximum atomic E-state index is 13.3. The number of anilines is 1. The van der Waals surface area contributed by atoms with Gasteiger partial charge in [-0.05, 0) is 43.2 Å². The van der Waals surface area contributed by atoms with Crippen LogP contribution in [0.2, 0.25) is 0 Å². The van der Waals surface area contributed by atoms with E-state index in [4.69, 9.17) is 14.2 Å². The van der Waals surface area contributed by atoms with Gasteiger partial charge in [-0.3, -0.25) is 4.72 Å². The van der Waals surface area contributed by atoms with Gasteiger partial charge in [0.1, 0.15) is 0 Å². The quantitative estimate of drug-likeness (QED) is 0.191. The monoisotopic (exact) mass is 533 g/mol. The van der Waals surface area contributed by atoms with Crippen LogP contribution in [0.15, 0.2) is 90.1 Å². The molecule has 0 aliphatic rings. The highest BCUT2D eigenvalue weighted by atomic mass is 32.2. The van der Waals surface area contributed by atoms with Crippen LogP contribution in [0.1, 0.15) is 19.8 Å². The van der Waals surface area contributed by atoms with Gasteiger partial charge in [-0.15, -0.1) is 0 Å². The molecule has 2 heterocycles. The zero-order valence-electron chi connectivity index (χ0n) is 20.9. The van der Waals surface area contributed by atoms with Crippen molar-refractivity contribution in [3.05, 3.63) is 85.2 Å². The Balaban J connectivity index is 1.85. The van der Waals surface area contributed by atoms with E-state index in [0.29, 0.717) is 17.9 Å². The molecule has 2 aromatic carbocycles. The first-order valence-electron chi connectivity index (χ1n) is 11.9. The van der Waals surface area contributed by atoms with Crippen LogP contribution in [0.4, 0.5) is 5.82 Å². The number of ether oxygens (including phenoxy) is 3. The van der Waals surface area contributed by atoms with Gasteiger partial charge in [0.05, 0.1) is 18.6 Å². The summed E-state index contributed by atoms with van der Waals surface area (Å²) in [4.78, 5) is 17.4. The number of benzene rings is 2. The summed E-state index contributed by atoms with van der Waals surface area (Å²) in [5, 5.41) is 0. The van der Waals surface area contributed by atoms with Crippen LogP contribution >= 0.6 is 0 Å². The fraction of sp³-hybridized carbons (Fsp3) is 0.185. The third-order valence-electron chi connectivity index (χ3n) is 5.09. The molecule has 0 amide bonds. The molecule has 0 bridgehead atoms. The molecule has 0 spiro atoms. The molecule has 11 heteroatoms. The Bertz CT molecular complexity index is 1480. The molecule has 1 N–H and O–H groups in total. The molecule has 0 aliphatic heterocycles. The summed E-state index contributed by atoms with van der Waals surface area (Å²) in [6.07, 6.45) is 8.59. The molecule has 0 saturated carbocycles. The van der Waals surface area contributed by atoms with E-state index in [1.165, 1.54) is 31.6 Å². The van der Waals surface area contributed by atoms with Gasteiger partial charge in [0.2, 0.25) is 11.6 Å². The summed E-state index contributed by atoms with van der Waals surface area (Å²) in [5.41, 5.74) is 0. The number of nitrogens with one attached hydrogen (secondary N) is 1. The number of rotatable bonds is 12. The first kappa shape index (κ1) is 26.6. The highest BCUT2D eigenvalue weighted by Gasteiger charge is 2.25.